The number of fused-ring (bicyclic) bond motifs is 1. The van der Waals surface area contributed by atoms with Gasteiger partial charge in [-0.2, -0.15) is 0 Å². The van der Waals surface area contributed by atoms with Crippen molar-refractivity contribution in [2.75, 3.05) is 0 Å². The van der Waals surface area contributed by atoms with E-state index in [0.29, 0.717) is 11.0 Å². The van der Waals surface area contributed by atoms with E-state index in [-0.39, 0.29) is 5.75 Å². The van der Waals surface area contributed by atoms with E-state index in [1.54, 1.807) is 6.07 Å². The maximum Gasteiger partial charge on any atom is 0.339 e. The predicted molar refractivity (Wildman–Crippen MR) is 78.1 cm³/mol. The zero-order chi connectivity index (χ0) is 14.1. The average Bonchev–Trinajstić information content (AvgIpc) is 2.43. The standard InChI is InChI=1S/C17H14O3/c1-11-13(9-12-5-3-2-4-6-12)7-8-14-15(18)10-16(19)20-17(11)14/h2-8,10,18H,9H2,1H3. The Labute approximate surface area is 116 Å². The van der Waals surface area contributed by atoms with Gasteiger partial charge in [0.2, 0.25) is 0 Å². The van der Waals surface area contributed by atoms with Crippen LogP contribution in [0.3, 0.4) is 0 Å². The highest BCUT2D eigenvalue weighted by Crippen LogP contribution is 2.28. The fourth-order valence-corrected chi connectivity index (χ4v) is 2.39. The number of rotatable bonds is 2. The molecule has 3 rings (SSSR count). The third-order valence-corrected chi connectivity index (χ3v) is 3.49. The van der Waals surface area contributed by atoms with Crippen LogP contribution in [0, 0.1) is 6.92 Å². The number of benzene rings is 2. The van der Waals surface area contributed by atoms with Crippen LogP contribution in [0.5, 0.6) is 5.75 Å². The van der Waals surface area contributed by atoms with Crippen molar-refractivity contribution >= 4 is 11.0 Å². The molecule has 20 heavy (non-hydrogen) atoms. The summed E-state index contributed by atoms with van der Waals surface area (Å²) in [7, 11) is 0. The molecule has 0 aliphatic heterocycles. The Hall–Kier alpha value is -2.55. The van der Waals surface area contributed by atoms with Crippen LogP contribution in [-0.2, 0) is 6.42 Å². The van der Waals surface area contributed by atoms with E-state index in [1.165, 1.54) is 5.56 Å². The van der Waals surface area contributed by atoms with Gasteiger partial charge in [-0.1, -0.05) is 36.4 Å². The number of hydrogen-bond acceptors (Lipinski definition) is 3. The molecule has 0 amide bonds. The molecule has 3 heteroatoms. The average molecular weight is 266 g/mol. The molecule has 1 N–H and O–H groups in total. The maximum atomic E-state index is 11.4. The van der Waals surface area contributed by atoms with E-state index in [4.69, 9.17) is 4.42 Å². The van der Waals surface area contributed by atoms with Gasteiger partial charge in [-0.05, 0) is 36.1 Å². The van der Waals surface area contributed by atoms with E-state index in [1.807, 2.05) is 31.2 Å². The number of aromatic hydroxyl groups is 1. The maximum absolute atomic E-state index is 11.4. The SMILES string of the molecule is Cc1c(Cc2ccccc2)ccc2c(O)cc(=O)oc12. The monoisotopic (exact) mass is 266 g/mol. The fraction of sp³-hybridized carbons (Fsp3) is 0.118. The summed E-state index contributed by atoms with van der Waals surface area (Å²) in [6.45, 7) is 1.91. The molecule has 0 spiro atoms. The van der Waals surface area contributed by atoms with Crippen molar-refractivity contribution in [2.24, 2.45) is 0 Å². The van der Waals surface area contributed by atoms with Gasteiger partial charge in [0.15, 0.2) is 0 Å². The second-order valence-corrected chi connectivity index (χ2v) is 4.84. The van der Waals surface area contributed by atoms with E-state index < -0.39 is 5.63 Å². The van der Waals surface area contributed by atoms with Crippen molar-refractivity contribution in [3.63, 3.8) is 0 Å². The molecular formula is C17H14O3. The van der Waals surface area contributed by atoms with E-state index in [0.717, 1.165) is 23.6 Å². The fourth-order valence-electron chi connectivity index (χ4n) is 2.39. The van der Waals surface area contributed by atoms with Crippen molar-refractivity contribution in [3.05, 3.63) is 75.6 Å². The smallest absolute Gasteiger partial charge is 0.339 e. The topological polar surface area (TPSA) is 50.4 Å². The second-order valence-electron chi connectivity index (χ2n) is 4.84. The minimum absolute atomic E-state index is 0.0365. The summed E-state index contributed by atoms with van der Waals surface area (Å²) in [6.07, 6.45) is 0.766. The predicted octanol–water partition coefficient (Wildman–Crippen LogP) is 3.40. The third kappa shape index (κ3) is 2.18. The number of aryl methyl sites for hydroxylation is 1. The Morgan fingerprint density at radius 2 is 1.85 bits per heavy atom. The normalized spacial score (nSPS) is 10.8. The lowest BCUT2D eigenvalue weighted by atomic mass is 9.98. The minimum atomic E-state index is -0.532. The molecule has 3 nitrogen and oxygen atoms in total. The van der Waals surface area contributed by atoms with Gasteiger partial charge in [0.25, 0.3) is 0 Å². The van der Waals surface area contributed by atoms with Crippen LogP contribution in [0.4, 0.5) is 0 Å². The first-order valence-corrected chi connectivity index (χ1v) is 6.44. The molecule has 1 heterocycles. The van der Waals surface area contributed by atoms with Gasteiger partial charge in [-0.3, -0.25) is 0 Å². The quantitative estimate of drug-likeness (QED) is 0.723. The third-order valence-electron chi connectivity index (χ3n) is 3.49. The number of hydrogen-bond donors (Lipinski definition) is 1. The summed E-state index contributed by atoms with van der Waals surface area (Å²) in [4.78, 5) is 11.4. The lowest BCUT2D eigenvalue weighted by Gasteiger charge is -2.09. The molecule has 0 unspecified atom stereocenters. The molecule has 1 aromatic heterocycles. The molecule has 0 radical (unpaired) electrons. The summed E-state index contributed by atoms with van der Waals surface area (Å²) in [6, 6.07) is 14.9. The highest BCUT2D eigenvalue weighted by molar-refractivity contribution is 5.86. The first kappa shape index (κ1) is 12.5. The highest BCUT2D eigenvalue weighted by atomic mass is 16.4. The molecule has 2 aromatic carbocycles. The van der Waals surface area contributed by atoms with Crippen molar-refractivity contribution in [3.8, 4) is 5.75 Å². The zero-order valence-electron chi connectivity index (χ0n) is 11.1. The largest absolute Gasteiger partial charge is 0.507 e. The Morgan fingerprint density at radius 1 is 1.10 bits per heavy atom. The first-order valence-electron chi connectivity index (χ1n) is 6.44. The second kappa shape index (κ2) is 4.85. The molecule has 0 saturated heterocycles. The Bertz CT molecular complexity index is 817. The van der Waals surface area contributed by atoms with Crippen LogP contribution in [0.15, 0.2) is 57.7 Å². The van der Waals surface area contributed by atoms with Gasteiger partial charge < -0.3 is 9.52 Å². The van der Waals surface area contributed by atoms with Gasteiger partial charge in [0.1, 0.15) is 11.3 Å². The summed E-state index contributed by atoms with van der Waals surface area (Å²) < 4.78 is 5.24. The van der Waals surface area contributed by atoms with Crippen LogP contribution >= 0.6 is 0 Å². The van der Waals surface area contributed by atoms with Crippen molar-refractivity contribution < 1.29 is 9.52 Å². The zero-order valence-corrected chi connectivity index (χ0v) is 11.1. The minimum Gasteiger partial charge on any atom is -0.507 e. The van der Waals surface area contributed by atoms with Crippen LogP contribution < -0.4 is 5.63 Å². The molecule has 0 bridgehead atoms. The summed E-state index contributed by atoms with van der Waals surface area (Å²) in [5, 5.41) is 10.4. The van der Waals surface area contributed by atoms with Gasteiger partial charge >= 0.3 is 5.63 Å². The molecule has 0 aliphatic rings. The van der Waals surface area contributed by atoms with Gasteiger partial charge in [0, 0.05) is 0 Å². The van der Waals surface area contributed by atoms with Gasteiger partial charge in [-0.15, -0.1) is 0 Å². The molecule has 0 atom stereocenters. The Morgan fingerprint density at radius 3 is 2.60 bits per heavy atom. The van der Waals surface area contributed by atoms with Gasteiger partial charge in [0.05, 0.1) is 11.5 Å². The van der Waals surface area contributed by atoms with Crippen LogP contribution in [0.1, 0.15) is 16.7 Å². The molecule has 0 fully saturated rings. The molecule has 3 aromatic rings. The molecule has 0 aliphatic carbocycles. The van der Waals surface area contributed by atoms with Crippen LogP contribution in [0.2, 0.25) is 0 Å². The van der Waals surface area contributed by atoms with Crippen LogP contribution in [-0.4, -0.2) is 5.11 Å². The lowest BCUT2D eigenvalue weighted by molar-refractivity contribution is 0.467. The molecular weight excluding hydrogens is 252 g/mol. The van der Waals surface area contributed by atoms with E-state index in [2.05, 4.69) is 12.1 Å². The summed E-state index contributed by atoms with van der Waals surface area (Å²) in [5.74, 6) is -0.0365. The van der Waals surface area contributed by atoms with Gasteiger partial charge in [-0.25, -0.2) is 4.79 Å². The lowest BCUT2D eigenvalue weighted by Crippen LogP contribution is -1.99. The van der Waals surface area contributed by atoms with Crippen molar-refractivity contribution in [2.45, 2.75) is 13.3 Å². The van der Waals surface area contributed by atoms with E-state index >= 15 is 0 Å². The van der Waals surface area contributed by atoms with Crippen LogP contribution in [0.25, 0.3) is 11.0 Å². The summed E-state index contributed by atoms with van der Waals surface area (Å²) >= 11 is 0. The van der Waals surface area contributed by atoms with Crippen molar-refractivity contribution in [1.82, 2.24) is 0 Å². The molecule has 100 valence electrons. The van der Waals surface area contributed by atoms with E-state index in [9.17, 15) is 9.90 Å². The summed E-state index contributed by atoms with van der Waals surface area (Å²) in [5.41, 5.74) is 3.09. The Balaban J connectivity index is 2.14. The Kier molecular flexibility index (Phi) is 3.03. The first-order chi connectivity index (χ1) is 9.65. The van der Waals surface area contributed by atoms with Crippen molar-refractivity contribution in [1.29, 1.82) is 0 Å². The molecule has 0 saturated carbocycles. The highest BCUT2D eigenvalue weighted by Gasteiger charge is 2.10.